The molecule has 4 atom stereocenters. The van der Waals surface area contributed by atoms with E-state index in [9.17, 15) is 9.90 Å². The van der Waals surface area contributed by atoms with Gasteiger partial charge in [0.1, 0.15) is 6.23 Å². The molecule has 1 aliphatic heterocycles. The van der Waals surface area contributed by atoms with Crippen molar-refractivity contribution in [3.63, 3.8) is 0 Å². The van der Waals surface area contributed by atoms with Gasteiger partial charge in [0.15, 0.2) is 0 Å². The molecule has 5 heteroatoms. The summed E-state index contributed by atoms with van der Waals surface area (Å²) in [6.45, 7) is 6.80. The minimum absolute atomic E-state index is 0.0521. The third kappa shape index (κ3) is 4.60. The topological polar surface area (TPSA) is 61.8 Å². The zero-order valence-corrected chi connectivity index (χ0v) is 11.9. The Bertz CT molecular complexity index is 268. The van der Waals surface area contributed by atoms with Gasteiger partial charge >= 0.3 is 0 Å². The smallest absolute Gasteiger partial charge is 0.211 e. The maximum absolute atomic E-state index is 11.2. The molecule has 0 aromatic carbocycles. The van der Waals surface area contributed by atoms with Crippen LogP contribution in [0.3, 0.4) is 0 Å². The second kappa shape index (κ2) is 8.30. The number of nitrogens with zero attached hydrogens (tertiary/aromatic N) is 1. The average molecular weight is 270 g/mol. The number of carbonyl (C=O) groups excluding carboxylic acids is 1. The minimum atomic E-state index is -0.575. The third-order valence-corrected chi connectivity index (χ3v) is 3.79. The van der Waals surface area contributed by atoms with Crippen LogP contribution >= 0.6 is 0 Å². The Kier molecular flexibility index (Phi) is 7.05. The van der Waals surface area contributed by atoms with Gasteiger partial charge in [0.2, 0.25) is 6.41 Å². The Morgan fingerprint density at radius 1 is 1.58 bits per heavy atom. The predicted molar refractivity (Wildman–Crippen MR) is 74.6 cm³/mol. The molecule has 1 heterocycles. The van der Waals surface area contributed by atoms with Crippen molar-refractivity contribution < 1.29 is 14.6 Å². The summed E-state index contributed by atoms with van der Waals surface area (Å²) in [7, 11) is 1.80. The van der Waals surface area contributed by atoms with E-state index in [4.69, 9.17) is 4.74 Å². The van der Waals surface area contributed by atoms with Crippen LogP contribution in [-0.4, -0.2) is 55.0 Å². The van der Waals surface area contributed by atoms with Gasteiger partial charge in [0, 0.05) is 25.1 Å². The number of aliphatic hydroxyl groups is 1. The van der Waals surface area contributed by atoms with Gasteiger partial charge in [-0.2, -0.15) is 0 Å². The molecule has 4 unspecified atom stereocenters. The molecule has 110 valence electrons. The monoisotopic (exact) mass is 270 g/mol. The van der Waals surface area contributed by atoms with Gasteiger partial charge in [-0.3, -0.25) is 4.79 Å². The van der Waals surface area contributed by atoms with Crippen LogP contribution in [0.25, 0.3) is 0 Å². The lowest BCUT2D eigenvalue weighted by Crippen LogP contribution is -2.47. The lowest BCUT2D eigenvalue weighted by molar-refractivity contribution is -0.139. The highest BCUT2D eigenvalue weighted by atomic mass is 16.5. The molecule has 0 spiro atoms. The minimum Gasteiger partial charge on any atom is -0.391 e. The molecule has 0 aromatic heterocycles. The largest absolute Gasteiger partial charge is 0.391 e. The molecule has 0 aromatic rings. The van der Waals surface area contributed by atoms with E-state index in [1.165, 1.54) is 0 Å². The lowest BCUT2D eigenvalue weighted by atomic mass is 9.96. The summed E-state index contributed by atoms with van der Waals surface area (Å²) in [5.74, 6) is -0.168. The van der Waals surface area contributed by atoms with E-state index in [-0.39, 0.29) is 18.2 Å². The number of hydrogen-bond donors (Lipinski definition) is 2. The second-order valence-electron chi connectivity index (χ2n) is 5.09. The normalized spacial score (nSPS) is 24.3. The Balaban J connectivity index is 2.60. The fraction of sp³-hybridized carbons (Fsp3) is 0.786. The Labute approximate surface area is 115 Å². The highest BCUT2D eigenvalue weighted by Gasteiger charge is 2.27. The first-order valence-corrected chi connectivity index (χ1v) is 6.94. The number of aliphatic hydroxyl groups excluding tert-OH is 1. The number of rotatable bonds is 8. The van der Waals surface area contributed by atoms with Gasteiger partial charge in [-0.25, -0.2) is 0 Å². The zero-order chi connectivity index (χ0) is 14.3. The zero-order valence-electron chi connectivity index (χ0n) is 11.9. The van der Waals surface area contributed by atoms with Crippen molar-refractivity contribution in [1.82, 2.24) is 10.2 Å². The van der Waals surface area contributed by atoms with Crippen LogP contribution in [0.2, 0.25) is 0 Å². The van der Waals surface area contributed by atoms with Crippen LogP contribution in [0.4, 0.5) is 0 Å². The Hall–Kier alpha value is -0.910. The standard InChI is InChI=1S/C14H26N2O3/c1-4-12(14(18)11(2)15-3)9-16(10-17)13-7-5-6-8-19-13/h4,10-15,18H,1,5-9H2,2-3H3. The fourth-order valence-corrected chi connectivity index (χ4v) is 2.32. The molecule has 0 aliphatic carbocycles. The average Bonchev–Trinajstić information content (AvgIpc) is 2.48. The molecule has 1 rings (SSSR count). The van der Waals surface area contributed by atoms with Crippen molar-refractivity contribution in [3.8, 4) is 0 Å². The van der Waals surface area contributed by atoms with Crippen molar-refractivity contribution in [2.75, 3.05) is 20.2 Å². The number of hydrogen-bond acceptors (Lipinski definition) is 4. The summed E-state index contributed by atoms with van der Waals surface area (Å²) in [5.41, 5.74) is 0. The van der Waals surface area contributed by atoms with Crippen molar-refractivity contribution >= 4 is 6.41 Å². The number of ether oxygens (including phenoxy) is 1. The molecular weight excluding hydrogens is 244 g/mol. The molecule has 19 heavy (non-hydrogen) atoms. The van der Waals surface area contributed by atoms with Gasteiger partial charge in [-0.1, -0.05) is 6.08 Å². The van der Waals surface area contributed by atoms with E-state index in [1.807, 2.05) is 6.92 Å². The van der Waals surface area contributed by atoms with Gasteiger partial charge in [-0.05, 0) is 33.2 Å². The summed E-state index contributed by atoms with van der Waals surface area (Å²) in [6.07, 6.45) is 4.76. The van der Waals surface area contributed by atoms with Crippen molar-refractivity contribution in [2.45, 2.75) is 44.6 Å². The number of carbonyl (C=O) groups is 1. The van der Waals surface area contributed by atoms with Crippen LogP contribution < -0.4 is 5.32 Å². The number of amides is 1. The first kappa shape index (κ1) is 16.1. The molecule has 1 amide bonds. The van der Waals surface area contributed by atoms with Crippen molar-refractivity contribution in [3.05, 3.63) is 12.7 Å². The van der Waals surface area contributed by atoms with Crippen molar-refractivity contribution in [1.29, 1.82) is 0 Å². The quantitative estimate of drug-likeness (QED) is 0.504. The third-order valence-electron chi connectivity index (χ3n) is 3.79. The van der Waals surface area contributed by atoms with Gasteiger partial charge in [-0.15, -0.1) is 6.58 Å². The summed E-state index contributed by atoms with van der Waals surface area (Å²) in [4.78, 5) is 12.9. The molecule has 0 radical (unpaired) electrons. The van der Waals surface area contributed by atoms with E-state index in [2.05, 4.69) is 11.9 Å². The molecule has 1 fully saturated rings. The second-order valence-corrected chi connectivity index (χ2v) is 5.09. The van der Waals surface area contributed by atoms with Crippen molar-refractivity contribution in [2.24, 2.45) is 5.92 Å². The molecular formula is C14H26N2O3. The molecule has 1 saturated heterocycles. The molecule has 0 saturated carbocycles. The highest BCUT2D eigenvalue weighted by Crippen LogP contribution is 2.19. The number of likely N-dealkylation sites (N-methyl/N-ethyl adjacent to an activating group) is 1. The summed E-state index contributed by atoms with van der Waals surface area (Å²) in [6, 6.07) is -0.0521. The van der Waals surface area contributed by atoms with Crippen LogP contribution in [0.15, 0.2) is 12.7 Å². The van der Waals surface area contributed by atoms with Crippen LogP contribution in [-0.2, 0) is 9.53 Å². The summed E-state index contributed by atoms with van der Waals surface area (Å²) >= 11 is 0. The fourth-order valence-electron chi connectivity index (χ4n) is 2.32. The van der Waals surface area contributed by atoms with Gasteiger partial charge in [0.05, 0.1) is 6.10 Å². The lowest BCUT2D eigenvalue weighted by Gasteiger charge is -2.35. The summed E-state index contributed by atoms with van der Waals surface area (Å²) < 4.78 is 5.61. The van der Waals surface area contributed by atoms with E-state index in [0.29, 0.717) is 13.2 Å². The first-order chi connectivity index (χ1) is 9.13. The maximum Gasteiger partial charge on any atom is 0.211 e. The van der Waals surface area contributed by atoms with E-state index in [0.717, 1.165) is 25.7 Å². The predicted octanol–water partition coefficient (Wildman–Crippen LogP) is 0.742. The first-order valence-electron chi connectivity index (χ1n) is 6.94. The summed E-state index contributed by atoms with van der Waals surface area (Å²) in [5, 5.41) is 13.2. The van der Waals surface area contributed by atoms with E-state index >= 15 is 0 Å². The SMILES string of the molecule is C=CC(CN(C=O)C1CCCCO1)C(O)C(C)NC. The van der Waals surface area contributed by atoms with Crippen LogP contribution in [0, 0.1) is 5.92 Å². The molecule has 0 bridgehead atoms. The van der Waals surface area contributed by atoms with Crippen LogP contribution in [0.1, 0.15) is 26.2 Å². The van der Waals surface area contributed by atoms with E-state index in [1.54, 1.807) is 18.0 Å². The Morgan fingerprint density at radius 2 is 2.32 bits per heavy atom. The highest BCUT2D eigenvalue weighted by molar-refractivity contribution is 5.47. The Morgan fingerprint density at radius 3 is 2.79 bits per heavy atom. The molecule has 5 nitrogen and oxygen atoms in total. The molecule has 2 N–H and O–H groups in total. The maximum atomic E-state index is 11.2. The van der Waals surface area contributed by atoms with Crippen LogP contribution in [0.5, 0.6) is 0 Å². The molecule has 1 aliphatic rings. The van der Waals surface area contributed by atoms with Gasteiger partial charge < -0.3 is 20.1 Å². The number of nitrogens with one attached hydrogen (secondary N) is 1. The van der Waals surface area contributed by atoms with Gasteiger partial charge in [0.25, 0.3) is 0 Å². The van der Waals surface area contributed by atoms with E-state index < -0.39 is 6.10 Å².